The average molecular weight is 572 g/mol. The van der Waals surface area contributed by atoms with Crippen molar-refractivity contribution >= 4 is 17.5 Å². The molecule has 0 aliphatic rings. The van der Waals surface area contributed by atoms with Gasteiger partial charge >= 0.3 is 0 Å². The van der Waals surface area contributed by atoms with E-state index in [2.05, 4.69) is 5.32 Å². The highest BCUT2D eigenvalue weighted by atomic mass is 16.1. The monoisotopic (exact) mass is 571 g/mol. The molecule has 1 amide bonds. The Morgan fingerprint density at radius 3 is 0.738 bits per heavy atom. The van der Waals surface area contributed by atoms with Gasteiger partial charge in [0.15, 0.2) is 11.6 Å². The quantitative estimate of drug-likeness (QED) is 0.242. The summed E-state index contributed by atoms with van der Waals surface area (Å²) in [5.74, 6) is 0.190. The minimum absolute atomic E-state index is 0.0394. The zero-order chi connectivity index (χ0) is 32.6. The van der Waals surface area contributed by atoms with Gasteiger partial charge in [0.2, 0.25) is 5.91 Å². The van der Waals surface area contributed by atoms with E-state index >= 15 is 0 Å². The highest BCUT2D eigenvalue weighted by Crippen LogP contribution is 2.09. The van der Waals surface area contributed by atoms with Crippen LogP contribution in [0.5, 0.6) is 0 Å². The normalized spacial score (nSPS) is 8.14. The number of hydrogen-bond donors (Lipinski definition) is 1. The molecule has 4 rings (SSSR count). The van der Waals surface area contributed by atoms with Crippen LogP contribution in [0.2, 0.25) is 0 Å². The van der Waals surface area contributed by atoms with E-state index in [0.29, 0.717) is 0 Å². The van der Waals surface area contributed by atoms with Gasteiger partial charge in [0.05, 0.1) is 0 Å². The molecule has 4 nitrogen and oxygen atoms in total. The fourth-order valence-corrected chi connectivity index (χ4v) is 2.94. The fraction of sp³-hybridized carbons (Fsp3) is 0.289. The maximum atomic E-state index is 11.8. The van der Waals surface area contributed by atoms with Gasteiger partial charge in [-0.1, -0.05) is 177 Å². The van der Waals surface area contributed by atoms with Crippen LogP contribution < -0.4 is 5.32 Å². The predicted molar refractivity (Wildman–Crippen MR) is 182 cm³/mol. The molecule has 0 fully saturated rings. The molecule has 42 heavy (non-hydrogen) atoms. The van der Waals surface area contributed by atoms with Crippen LogP contribution in [0.4, 0.5) is 0 Å². The second kappa shape index (κ2) is 31.2. The molecule has 4 aromatic carbocycles. The van der Waals surface area contributed by atoms with Crippen LogP contribution in [-0.2, 0) is 4.79 Å². The van der Waals surface area contributed by atoms with Gasteiger partial charge in [-0.3, -0.25) is 14.4 Å². The average Bonchev–Trinajstić information content (AvgIpc) is 3.10. The standard InChI is InChI=1S/2C13H10O.C4H9NO.4C2H6/c2*14-13(11-7-3-1-4-8-11)12-9-5-2-6-10-12;1-3-5-4(2)6;4*1-2/h2*1-10H;3H2,1-2H3,(H,5,6);4*1-2H3. The fourth-order valence-electron chi connectivity index (χ4n) is 2.94. The number of hydrogen-bond acceptors (Lipinski definition) is 3. The van der Waals surface area contributed by atoms with Crippen LogP contribution in [0.25, 0.3) is 0 Å². The lowest BCUT2D eigenvalue weighted by Gasteiger charge is -1.99. The Hall–Kier alpha value is -4.31. The Morgan fingerprint density at radius 2 is 0.619 bits per heavy atom. The van der Waals surface area contributed by atoms with Gasteiger partial charge in [0, 0.05) is 35.7 Å². The van der Waals surface area contributed by atoms with Crippen molar-refractivity contribution in [3.05, 3.63) is 144 Å². The van der Waals surface area contributed by atoms with Crippen LogP contribution in [0.1, 0.15) is 101 Å². The molecule has 0 saturated carbocycles. The number of carbonyl (C=O) groups excluding carboxylic acids is 3. The van der Waals surface area contributed by atoms with E-state index < -0.39 is 0 Å². The van der Waals surface area contributed by atoms with Crippen molar-refractivity contribution in [1.29, 1.82) is 0 Å². The summed E-state index contributed by atoms with van der Waals surface area (Å²) in [6, 6.07) is 37.2. The van der Waals surface area contributed by atoms with Crippen molar-refractivity contribution in [2.24, 2.45) is 0 Å². The topological polar surface area (TPSA) is 63.2 Å². The Labute approximate surface area is 256 Å². The van der Waals surface area contributed by atoms with Crippen LogP contribution >= 0.6 is 0 Å². The van der Waals surface area contributed by atoms with Crippen molar-refractivity contribution < 1.29 is 14.4 Å². The van der Waals surface area contributed by atoms with Crippen LogP contribution in [0, 0.1) is 0 Å². The lowest BCUT2D eigenvalue weighted by Crippen LogP contribution is -2.18. The Morgan fingerprint density at radius 1 is 0.429 bits per heavy atom. The van der Waals surface area contributed by atoms with E-state index in [1.54, 1.807) is 0 Å². The third-order valence-corrected chi connectivity index (χ3v) is 4.57. The Kier molecular flexibility index (Phi) is 31.3. The van der Waals surface area contributed by atoms with Gasteiger partial charge in [0.25, 0.3) is 0 Å². The molecule has 0 aromatic heterocycles. The summed E-state index contributed by atoms with van der Waals surface area (Å²) >= 11 is 0. The summed E-state index contributed by atoms with van der Waals surface area (Å²) in [5, 5.41) is 2.57. The zero-order valence-electron chi connectivity index (χ0n) is 27.5. The molecule has 0 unspecified atom stereocenters. The predicted octanol–water partition coefficient (Wildman–Crippen LogP) is 10.1. The molecule has 4 aromatic rings. The van der Waals surface area contributed by atoms with Crippen molar-refractivity contribution in [2.75, 3.05) is 6.54 Å². The minimum atomic E-state index is 0.0394. The first-order valence-electron chi connectivity index (χ1n) is 15.1. The summed E-state index contributed by atoms with van der Waals surface area (Å²) in [6.45, 7) is 20.1. The van der Waals surface area contributed by atoms with E-state index in [1.807, 2.05) is 184 Å². The van der Waals surface area contributed by atoms with Gasteiger partial charge in [-0.05, 0) is 6.92 Å². The molecular weight excluding hydrogens is 518 g/mol. The summed E-state index contributed by atoms with van der Waals surface area (Å²) in [4.78, 5) is 33.6. The molecule has 0 bridgehead atoms. The highest BCUT2D eigenvalue weighted by molar-refractivity contribution is 6.09. The molecule has 0 atom stereocenters. The number of nitrogens with one attached hydrogen (secondary N) is 1. The van der Waals surface area contributed by atoms with E-state index in [9.17, 15) is 14.4 Å². The van der Waals surface area contributed by atoms with Crippen molar-refractivity contribution in [3.63, 3.8) is 0 Å². The first-order chi connectivity index (χ1) is 20.5. The van der Waals surface area contributed by atoms with E-state index in [-0.39, 0.29) is 17.5 Å². The summed E-state index contributed by atoms with van der Waals surface area (Å²) in [5.41, 5.74) is 2.94. The van der Waals surface area contributed by atoms with Crippen LogP contribution in [-0.4, -0.2) is 24.0 Å². The lowest BCUT2D eigenvalue weighted by atomic mass is 10.0. The largest absolute Gasteiger partial charge is 0.357 e. The molecule has 0 saturated heterocycles. The van der Waals surface area contributed by atoms with Gasteiger partial charge in [-0.15, -0.1) is 0 Å². The summed E-state index contributed by atoms with van der Waals surface area (Å²) in [7, 11) is 0. The second-order valence-corrected chi connectivity index (χ2v) is 7.21. The first kappa shape index (κ1) is 42.2. The summed E-state index contributed by atoms with van der Waals surface area (Å²) < 4.78 is 0. The molecule has 4 heteroatoms. The van der Waals surface area contributed by atoms with Crippen molar-refractivity contribution in [2.45, 2.75) is 69.2 Å². The van der Waals surface area contributed by atoms with Crippen molar-refractivity contribution in [1.82, 2.24) is 5.32 Å². The molecule has 0 spiro atoms. The van der Waals surface area contributed by atoms with Gasteiger partial charge in [-0.25, -0.2) is 0 Å². The maximum Gasteiger partial charge on any atom is 0.216 e. The molecule has 0 heterocycles. The molecule has 0 aliphatic heterocycles. The van der Waals surface area contributed by atoms with Gasteiger partial charge in [0.1, 0.15) is 0 Å². The van der Waals surface area contributed by atoms with E-state index in [1.165, 1.54) is 6.92 Å². The third kappa shape index (κ3) is 19.7. The SMILES string of the molecule is CC.CC.CC.CC.CCNC(C)=O.O=C(c1ccccc1)c1ccccc1.O=C(c1ccccc1)c1ccccc1. The van der Waals surface area contributed by atoms with Crippen LogP contribution in [0.15, 0.2) is 121 Å². The molecule has 0 radical (unpaired) electrons. The number of rotatable bonds is 5. The van der Waals surface area contributed by atoms with Crippen molar-refractivity contribution in [3.8, 4) is 0 Å². The van der Waals surface area contributed by atoms with Gasteiger partial charge in [-0.2, -0.15) is 0 Å². The molecule has 0 aliphatic carbocycles. The number of benzene rings is 4. The van der Waals surface area contributed by atoms with E-state index in [4.69, 9.17) is 0 Å². The second-order valence-electron chi connectivity index (χ2n) is 7.21. The molecule has 228 valence electrons. The maximum absolute atomic E-state index is 11.8. The minimum Gasteiger partial charge on any atom is -0.357 e. The Bertz CT molecular complexity index is 974. The highest BCUT2D eigenvalue weighted by Gasteiger charge is 2.07. The smallest absolute Gasteiger partial charge is 0.216 e. The Balaban J connectivity index is -0.000000511. The van der Waals surface area contributed by atoms with Gasteiger partial charge < -0.3 is 5.32 Å². The third-order valence-electron chi connectivity index (χ3n) is 4.57. The summed E-state index contributed by atoms with van der Waals surface area (Å²) in [6.07, 6.45) is 0. The number of carbonyl (C=O) groups is 3. The molecular formula is C38H53NO3. The molecule has 1 N–H and O–H groups in total. The number of ketones is 2. The number of amides is 1. The van der Waals surface area contributed by atoms with E-state index in [0.717, 1.165) is 28.8 Å². The van der Waals surface area contributed by atoms with Crippen LogP contribution in [0.3, 0.4) is 0 Å². The first-order valence-corrected chi connectivity index (χ1v) is 15.1. The zero-order valence-corrected chi connectivity index (χ0v) is 27.5. The lowest BCUT2D eigenvalue weighted by molar-refractivity contribution is -0.118.